The monoisotopic (exact) mass is 412 g/mol. The van der Waals surface area contributed by atoms with Crippen molar-refractivity contribution in [1.82, 2.24) is 15.3 Å². The summed E-state index contributed by atoms with van der Waals surface area (Å²) < 4.78 is 13.7. The van der Waals surface area contributed by atoms with Crippen LogP contribution in [-0.2, 0) is 11.3 Å². The average Bonchev–Trinajstić information content (AvgIpc) is 2.74. The molecule has 1 aliphatic rings. The van der Waals surface area contributed by atoms with Crippen molar-refractivity contribution in [3.05, 3.63) is 52.7 Å². The van der Waals surface area contributed by atoms with E-state index in [1.807, 2.05) is 6.07 Å². The molecule has 1 N–H and O–H groups in total. The summed E-state index contributed by atoms with van der Waals surface area (Å²) in [6.07, 6.45) is 1.57. The van der Waals surface area contributed by atoms with Gasteiger partial charge in [0, 0.05) is 43.2 Å². The highest BCUT2D eigenvalue weighted by Gasteiger charge is 2.26. The van der Waals surface area contributed by atoms with Gasteiger partial charge in [-0.3, -0.25) is 4.79 Å². The summed E-state index contributed by atoms with van der Waals surface area (Å²) in [5.41, 5.74) is 2.46. The van der Waals surface area contributed by atoms with Crippen LogP contribution in [0.15, 0.2) is 24.3 Å². The standard InChI is InChI=1S/C24H33FN4O/c1-15(2)21-13-22(28-23(27-21)16(3)4)29-10-8-19(9-11-29)24(30)26-14-18-7-6-17(5)20(25)12-18/h6-7,12-13,15-16,19H,8-11,14H2,1-5H3,(H,26,30). The zero-order chi connectivity index (χ0) is 21.8. The molecule has 1 fully saturated rings. The summed E-state index contributed by atoms with van der Waals surface area (Å²) in [6, 6.07) is 7.18. The van der Waals surface area contributed by atoms with E-state index in [4.69, 9.17) is 9.97 Å². The van der Waals surface area contributed by atoms with Gasteiger partial charge >= 0.3 is 0 Å². The van der Waals surface area contributed by atoms with Gasteiger partial charge in [0.2, 0.25) is 5.91 Å². The fraction of sp³-hybridized carbons (Fsp3) is 0.542. The molecular weight excluding hydrogens is 379 g/mol. The molecule has 0 unspecified atom stereocenters. The molecule has 1 aromatic heterocycles. The molecule has 2 aromatic rings. The van der Waals surface area contributed by atoms with Gasteiger partial charge in [-0.1, -0.05) is 39.8 Å². The predicted octanol–water partition coefficient (Wildman–Crippen LogP) is 4.70. The molecule has 1 aliphatic heterocycles. The Morgan fingerprint density at radius 3 is 2.43 bits per heavy atom. The number of halogens is 1. The van der Waals surface area contributed by atoms with Crippen molar-refractivity contribution in [2.75, 3.05) is 18.0 Å². The molecule has 3 rings (SSSR count). The Bertz CT molecular complexity index is 863. The van der Waals surface area contributed by atoms with Crippen LogP contribution in [0.1, 0.15) is 75.0 Å². The number of aromatic nitrogens is 2. The first-order valence-corrected chi connectivity index (χ1v) is 10.9. The van der Waals surface area contributed by atoms with E-state index in [0.717, 1.165) is 48.8 Å². The molecule has 6 heteroatoms. The largest absolute Gasteiger partial charge is 0.356 e. The number of anilines is 1. The number of rotatable bonds is 6. The van der Waals surface area contributed by atoms with Crippen molar-refractivity contribution in [1.29, 1.82) is 0 Å². The number of piperidine rings is 1. The number of hydrogen-bond acceptors (Lipinski definition) is 4. The van der Waals surface area contributed by atoms with Crippen LogP contribution in [0.25, 0.3) is 0 Å². The fourth-order valence-corrected chi connectivity index (χ4v) is 3.64. The predicted molar refractivity (Wildman–Crippen MR) is 118 cm³/mol. The van der Waals surface area contributed by atoms with Crippen molar-refractivity contribution in [2.24, 2.45) is 5.92 Å². The number of carbonyl (C=O) groups excluding carboxylic acids is 1. The van der Waals surface area contributed by atoms with Gasteiger partial charge in [0.1, 0.15) is 17.5 Å². The normalized spacial score (nSPS) is 15.1. The summed E-state index contributed by atoms with van der Waals surface area (Å²) in [6.45, 7) is 12.2. The van der Waals surface area contributed by atoms with E-state index < -0.39 is 0 Å². The first-order valence-electron chi connectivity index (χ1n) is 10.9. The van der Waals surface area contributed by atoms with Crippen molar-refractivity contribution < 1.29 is 9.18 Å². The smallest absolute Gasteiger partial charge is 0.223 e. The van der Waals surface area contributed by atoms with Crippen molar-refractivity contribution in [2.45, 2.75) is 65.8 Å². The SMILES string of the molecule is Cc1ccc(CNC(=O)C2CCN(c3cc(C(C)C)nc(C(C)C)n3)CC2)cc1F. The molecular formula is C24H33FN4O. The third-order valence-corrected chi connectivity index (χ3v) is 5.75. The molecule has 0 radical (unpaired) electrons. The Balaban J connectivity index is 1.59. The molecule has 2 heterocycles. The Morgan fingerprint density at radius 1 is 1.13 bits per heavy atom. The third-order valence-electron chi connectivity index (χ3n) is 5.75. The molecule has 0 spiro atoms. The summed E-state index contributed by atoms with van der Waals surface area (Å²) in [5.74, 6) is 2.25. The molecule has 30 heavy (non-hydrogen) atoms. The topological polar surface area (TPSA) is 58.1 Å². The highest BCUT2D eigenvalue weighted by Crippen LogP contribution is 2.26. The van der Waals surface area contributed by atoms with E-state index in [1.165, 1.54) is 6.07 Å². The first-order chi connectivity index (χ1) is 14.2. The van der Waals surface area contributed by atoms with Gasteiger partial charge in [0.25, 0.3) is 0 Å². The highest BCUT2D eigenvalue weighted by molar-refractivity contribution is 5.79. The molecule has 0 bridgehead atoms. The van der Waals surface area contributed by atoms with Crippen LogP contribution in [0.4, 0.5) is 10.2 Å². The van der Waals surface area contributed by atoms with Crippen molar-refractivity contribution in [3.8, 4) is 0 Å². The molecule has 0 atom stereocenters. The Kier molecular flexibility index (Phi) is 7.06. The lowest BCUT2D eigenvalue weighted by Crippen LogP contribution is -2.40. The molecule has 5 nitrogen and oxygen atoms in total. The van der Waals surface area contributed by atoms with E-state index in [1.54, 1.807) is 13.0 Å². The number of amides is 1. The summed E-state index contributed by atoms with van der Waals surface area (Å²) in [7, 11) is 0. The average molecular weight is 413 g/mol. The molecule has 1 saturated heterocycles. The lowest BCUT2D eigenvalue weighted by Gasteiger charge is -2.32. The number of nitrogens with one attached hydrogen (secondary N) is 1. The lowest BCUT2D eigenvalue weighted by atomic mass is 9.95. The maximum absolute atomic E-state index is 13.7. The molecule has 0 saturated carbocycles. The second-order valence-electron chi connectivity index (χ2n) is 8.88. The molecule has 1 amide bonds. The number of benzene rings is 1. The number of nitrogens with zero attached hydrogens (tertiary/aromatic N) is 3. The van der Waals surface area contributed by atoms with Gasteiger partial charge in [-0.2, -0.15) is 0 Å². The lowest BCUT2D eigenvalue weighted by molar-refractivity contribution is -0.125. The van der Waals surface area contributed by atoms with Gasteiger partial charge in [-0.15, -0.1) is 0 Å². The van der Waals surface area contributed by atoms with Gasteiger partial charge in [0.15, 0.2) is 0 Å². The summed E-state index contributed by atoms with van der Waals surface area (Å²) in [5, 5.41) is 2.97. The second-order valence-corrected chi connectivity index (χ2v) is 8.88. The quantitative estimate of drug-likeness (QED) is 0.747. The zero-order valence-corrected chi connectivity index (χ0v) is 18.7. The van der Waals surface area contributed by atoms with E-state index >= 15 is 0 Å². The number of carbonyl (C=O) groups is 1. The highest BCUT2D eigenvalue weighted by atomic mass is 19.1. The fourth-order valence-electron chi connectivity index (χ4n) is 3.64. The van der Waals surface area contributed by atoms with Gasteiger partial charge in [0.05, 0.1) is 0 Å². The number of hydrogen-bond donors (Lipinski definition) is 1. The maximum atomic E-state index is 13.7. The van der Waals surface area contributed by atoms with E-state index in [0.29, 0.717) is 18.0 Å². The first kappa shape index (κ1) is 22.2. The van der Waals surface area contributed by atoms with Crippen molar-refractivity contribution >= 4 is 11.7 Å². The molecule has 162 valence electrons. The van der Waals surface area contributed by atoms with E-state index in [9.17, 15) is 9.18 Å². The van der Waals surface area contributed by atoms with Crippen LogP contribution in [-0.4, -0.2) is 29.0 Å². The third kappa shape index (κ3) is 5.35. The van der Waals surface area contributed by atoms with E-state index in [2.05, 4.69) is 44.0 Å². The van der Waals surface area contributed by atoms with Crippen LogP contribution in [0, 0.1) is 18.7 Å². The minimum Gasteiger partial charge on any atom is -0.356 e. The molecule has 0 aliphatic carbocycles. The maximum Gasteiger partial charge on any atom is 0.223 e. The van der Waals surface area contributed by atoms with Crippen LogP contribution < -0.4 is 10.2 Å². The Labute approximate surface area is 179 Å². The van der Waals surface area contributed by atoms with E-state index in [-0.39, 0.29) is 23.6 Å². The Hall–Kier alpha value is -2.50. The van der Waals surface area contributed by atoms with Crippen molar-refractivity contribution in [3.63, 3.8) is 0 Å². The van der Waals surface area contributed by atoms with Crippen LogP contribution >= 0.6 is 0 Å². The minimum atomic E-state index is -0.235. The second kappa shape index (κ2) is 9.54. The summed E-state index contributed by atoms with van der Waals surface area (Å²) >= 11 is 0. The van der Waals surface area contributed by atoms with Crippen LogP contribution in [0.5, 0.6) is 0 Å². The molecule has 1 aromatic carbocycles. The number of aryl methyl sites for hydroxylation is 1. The zero-order valence-electron chi connectivity index (χ0n) is 18.7. The summed E-state index contributed by atoms with van der Waals surface area (Å²) in [4.78, 5) is 24.4. The van der Waals surface area contributed by atoms with Crippen LogP contribution in [0.3, 0.4) is 0 Å². The Morgan fingerprint density at radius 2 is 1.83 bits per heavy atom. The van der Waals surface area contributed by atoms with Gasteiger partial charge < -0.3 is 10.2 Å². The van der Waals surface area contributed by atoms with Crippen LogP contribution in [0.2, 0.25) is 0 Å². The minimum absolute atomic E-state index is 0.0208. The van der Waals surface area contributed by atoms with Gasteiger partial charge in [-0.25, -0.2) is 14.4 Å². The van der Waals surface area contributed by atoms with Gasteiger partial charge in [-0.05, 0) is 42.9 Å².